The third kappa shape index (κ3) is 4.98. The number of nitrogens with zero attached hydrogens (tertiary/aromatic N) is 3. The Morgan fingerprint density at radius 3 is 2.06 bits per heavy atom. The molecule has 3 heterocycles. The van der Waals surface area contributed by atoms with E-state index in [9.17, 15) is 13.2 Å². The van der Waals surface area contributed by atoms with E-state index >= 15 is 0 Å². The van der Waals surface area contributed by atoms with Gasteiger partial charge in [0.2, 0.25) is 17.5 Å². The second-order valence-corrected chi connectivity index (χ2v) is 7.08. The summed E-state index contributed by atoms with van der Waals surface area (Å²) in [7, 11) is 2.91. The van der Waals surface area contributed by atoms with E-state index in [0.29, 0.717) is 22.8 Å². The molecule has 0 saturated carbocycles. The first-order chi connectivity index (χ1) is 14.5. The topological polar surface area (TPSA) is 92.7 Å². The number of alkyl halides is 3. The zero-order chi connectivity index (χ0) is 22.8. The standard InChI is InChI=1S/C20H23F3N6O2/c1-11-8-24-16(30-4)6-14(11)27-18-13(20(21,22)23)10-26-19(3,29-18)28-15-7-17(31-5)25-9-12(15)2/h6-10,29H,1-5H3,(H,24,27)(H,25,28). The number of hydrogen-bond acceptors (Lipinski definition) is 8. The van der Waals surface area contributed by atoms with Gasteiger partial charge in [-0.1, -0.05) is 0 Å². The van der Waals surface area contributed by atoms with Gasteiger partial charge >= 0.3 is 6.18 Å². The number of halogens is 3. The van der Waals surface area contributed by atoms with Gasteiger partial charge < -0.3 is 25.4 Å². The number of methoxy groups -OCH3 is 2. The summed E-state index contributed by atoms with van der Waals surface area (Å²) < 4.78 is 51.2. The molecule has 3 N–H and O–H groups in total. The third-order valence-electron chi connectivity index (χ3n) is 4.61. The minimum absolute atomic E-state index is 0.257. The highest BCUT2D eigenvalue weighted by atomic mass is 19.4. The van der Waals surface area contributed by atoms with Crippen LogP contribution in [0.2, 0.25) is 0 Å². The monoisotopic (exact) mass is 436 g/mol. The second-order valence-electron chi connectivity index (χ2n) is 7.08. The van der Waals surface area contributed by atoms with Gasteiger partial charge in [0.25, 0.3) is 0 Å². The van der Waals surface area contributed by atoms with E-state index in [-0.39, 0.29) is 11.7 Å². The van der Waals surface area contributed by atoms with E-state index in [0.717, 1.165) is 11.8 Å². The summed E-state index contributed by atoms with van der Waals surface area (Å²) >= 11 is 0. The molecular weight excluding hydrogens is 413 g/mol. The zero-order valence-corrected chi connectivity index (χ0v) is 17.7. The van der Waals surface area contributed by atoms with Gasteiger partial charge in [0.15, 0.2) is 0 Å². The first-order valence-corrected chi connectivity index (χ1v) is 9.26. The molecule has 3 rings (SSSR count). The molecule has 0 bridgehead atoms. The fourth-order valence-corrected chi connectivity index (χ4v) is 2.88. The van der Waals surface area contributed by atoms with Crippen molar-refractivity contribution in [2.75, 3.05) is 24.9 Å². The molecule has 1 aliphatic heterocycles. The molecule has 0 aliphatic carbocycles. The number of hydrogen-bond donors (Lipinski definition) is 3. The summed E-state index contributed by atoms with van der Waals surface area (Å²) in [5.41, 5.74) is 1.49. The lowest BCUT2D eigenvalue weighted by molar-refractivity contribution is -0.0870. The highest BCUT2D eigenvalue weighted by Gasteiger charge is 2.41. The van der Waals surface area contributed by atoms with Crippen LogP contribution in [0.5, 0.6) is 11.8 Å². The van der Waals surface area contributed by atoms with E-state index in [2.05, 4.69) is 30.9 Å². The summed E-state index contributed by atoms with van der Waals surface area (Å²) in [5, 5.41) is 8.77. The molecule has 0 radical (unpaired) electrons. The summed E-state index contributed by atoms with van der Waals surface area (Å²) in [6, 6.07) is 3.16. The Morgan fingerprint density at radius 1 is 0.968 bits per heavy atom. The van der Waals surface area contributed by atoms with Crippen LogP contribution in [0.1, 0.15) is 18.1 Å². The maximum atomic E-state index is 13.7. The lowest BCUT2D eigenvalue weighted by Crippen LogP contribution is -2.52. The molecular formula is C20H23F3N6O2. The maximum Gasteiger partial charge on any atom is 0.421 e. The number of ether oxygens (including phenoxy) is 2. The largest absolute Gasteiger partial charge is 0.481 e. The van der Waals surface area contributed by atoms with Gasteiger partial charge in [-0.3, -0.25) is 0 Å². The lowest BCUT2D eigenvalue weighted by Gasteiger charge is -2.35. The van der Waals surface area contributed by atoms with Gasteiger partial charge in [-0.05, 0) is 31.9 Å². The van der Waals surface area contributed by atoms with Crippen molar-refractivity contribution in [1.82, 2.24) is 15.3 Å². The van der Waals surface area contributed by atoms with Crippen molar-refractivity contribution in [3.63, 3.8) is 0 Å². The molecule has 1 atom stereocenters. The molecule has 2 aromatic rings. The van der Waals surface area contributed by atoms with Crippen LogP contribution >= 0.6 is 0 Å². The maximum absolute atomic E-state index is 13.7. The van der Waals surface area contributed by atoms with Crippen molar-refractivity contribution in [1.29, 1.82) is 0 Å². The van der Waals surface area contributed by atoms with Gasteiger partial charge in [-0.2, -0.15) is 13.2 Å². The van der Waals surface area contributed by atoms with E-state index < -0.39 is 17.5 Å². The van der Waals surface area contributed by atoms with Crippen LogP contribution in [0.25, 0.3) is 0 Å². The molecule has 2 aromatic heterocycles. The van der Waals surface area contributed by atoms with Crippen molar-refractivity contribution in [3.8, 4) is 11.8 Å². The number of aliphatic imine (C=N–C) groups is 1. The number of allylic oxidation sites excluding steroid dienone is 1. The minimum Gasteiger partial charge on any atom is -0.481 e. The second kappa shape index (κ2) is 8.32. The van der Waals surface area contributed by atoms with Crippen LogP contribution in [0.3, 0.4) is 0 Å². The van der Waals surface area contributed by atoms with Crippen molar-refractivity contribution in [2.24, 2.45) is 4.99 Å². The summed E-state index contributed by atoms with van der Waals surface area (Å²) in [6.45, 7) is 5.15. The van der Waals surface area contributed by atoms with Gasteiger partial charge in [-0.25, -0.2) is 15.0 Å². The van der Waals surface area contributed by atoms with Crippen molar-refractivity contribution in [3.05, 3.63) is 47.0 Å². The molecule has 1 unspecified atom stereocenters. The molecule has 0 amide bonds. The Balaban J connectivity index is 1.96. The Labute approximate surface area is 177 Å². The zero-order valence-electron chi connectivity index (χ0n) is 17.7. The smallest absolute Gasteiger partial charge is 0.421 e. The average Bonchev–Trinajstić information content (AvgIpc) is 2.70. The van der Waals surface area contributed by atoms with Crippen LogP contribution in [0.15, 0.2) is 40.9 Å². The van der Waals surface area contributed by atoms with Crippen LogP contribution in [0.4, 0.5) is 24.5 Å². The number of rotatable bonds is 6. The molecule has 8 nitrogen and oxygen atoms in total. The fourth-order valence-electron chi connectivity index (χ4n) is 2.88. The molecule has 166 valence electrons. The van der Waals surface area contributed by atoms with Gasteiger partial charge in [-0.15, -0.1) is 0 Å². The molecule has 0 spiro atoms. The molecule has 1 aliphatic rings. The molecule has 11 heteroatoms. The summed E-state index contributed by atoms with van der Waals surface area (Å²) in [5.74, 6) is -0.903. The number of aromatic nitrogens is 2. The fraction of sp³-hybridized carbons (Fsp3) is 0.350. The Hall–Kier alpha value is -3.50. The normalized spacial score (nSPS) is 18.5. The van der Waals surface area contributed by atoms with E-state index in [1.165, 1.54) is 26.5 Å². The Bertz CT molecular complexity index is 1040. The first-order valence-electron chi connectivity index (χ1n) is 9.26. The van der Waals surface area contributed by atoms with Crippen LogP contribution in [0, 0.1) is 13.8 Å². The molecule has 0 aromatic carbocycles. The van der Waals surface area contributed by atoms with Gasteiger partial charge in [0.1, 0.15) is 11.4 Å². The van der Waals surface area contributed by atoms with Crippen molar-refractivity contribution >= 4 is 17.6 Å². The summed E-state index contributed by atoms with van der Waals surface area (Å²) in [6.07, 6.45) is -0.718. The first kappa shape index (κ1) is 22.2. The number of nitrogens with one attached hydrogen (secondary N) is 3. The molecule has 0 saturated heterocycles. The highest BCUT2D eigenvalue weighted by molar-refractivity contribution is 5.84. The Morgan fingerprint density at radius 2 is 1.52 bits per heavy atom. The highest BCUT2D eigenvalue weighted by Crippen LogP contribution is 2.32. The Kier molecular flexibility index (Phi) is 5.96. The van der Waals surface area contributed by atoms with E-state index in [1.54, 1.807) is 26.1 Å². The average molecular weight is 436 g/mol. The predicted octanol–water partition coefficient (Wildman–Crippen LogP) is 3.76. The quantitative estimate of drug-likeness (QED) is 0.635. The van der Waals surface area contributed by atoms with Crippen LogP contribution < -0.4 is 25.4 Å². The lowest BCUT2D eigenvalue weighted by atomic mass is 10.1. The van der Waals surface area contributed by atoms with Crippen molar-refractivity contribution in [2.45, 2.75) is 32.7 Å². The number of anilines is 2. The van der Waals surface area contributed by atoms with Crippen LogP contribution in [-0.2, 0) is 0 Å². The van der Waals surface area contributed by atoms with Gasteiger partial charge in [0, 0.05) is 42.1 Å². The summed E-state index contributed by atoms with van der Waals surface area (Å²) in [4.78, 5) is 12.2. The third-order valence-corrected chi connectivity index (χ3v) is 4.61. The predicted molar refractivity (Wildman–Crippen MR) is 111 cm³/mol. The number of aryl methyl sites for hydroxylation is 2. The van der Waals surface area contributed by atoms with E-state index in [4.69, 9.17) is 9.47 Å². The van der Waals surface area contributed by atoms with Crippen LogP contribution in [-0.4, -0.2) is 42.4 Å². The minimum atomic E-state index is -4.62. The molecule has 31 heavy (non-hydrogen) atoms. The van der Waals surface area contributed by atoms with Gasteiger partial charge in [0.05, 0.1) is 14.2 Å². The van der Waals surface area contributed by atoms with Crippen molar-refractivity contribution < 1.29 is 22.6 Å². The number of pyridine rings is 2. The molecule has 0 fully saturated rings. The van der Waals surface area contributed by atoms with E-state index in [1.807, 2.05) is 6.92 Å². The SMILES string of the molecule is COc1cc(NC2=C(C(F)(F)F)C=NC(C)(Nc3cc(OC)ncc3C)N2)c(C)cn1.